The predicted octanol–water partition coefficient (Wildman–Crippen LogP) is 3.16. The highest BCUT2D eigenvalue weighted by atomic mass is 35.5. The minimum absolute atomic E-state index is 0.215. The number of nitrogens with one attached hydrogen (secondary N) is 1. The first-order chi connectivity index (χ1) is 9.58. The van der Waals surface area contributed by atoms with Crippen LogP contribution in [0.1, 0.15) is 38.8 Å². The number of benzene rings is 1. The van der Waals surface area contributed by atoms with Crippen molar-refractivity contribution in [2.24, 2.45) is 5.73 Å². The number of aliphatic carboxylic acids is 1. The second-order valence-electron chi connectivity index (χ2n) is 5.57. The van der Waals surface area contributed by atoms with Crippen LogP contribution in [0.5, 0.6) is 0 Å². The third kappa shape index (κ3) is 6.01. The average Bonchev–Trinajstić information content (AvgIpc) is 2.28. The molecule has 1 amide bonds. The van der Waals surface area contributed by atoms with Gasteiger partial charge in [0.05, 0.1) is 17.1 Å². The molecule has 1 aromatic rings. The van der Waals surface area contributed by atoms with Gasteiger partial charge in [-0.25, -0.2) is 4.79 Å². The number of anilines is 1. The fourth-order valence-electron chi connectivity index (χ4n) is 1.59. The van der Waals surface area contributed by atoms with Gasteiger partial charge in [0.15, 0.2) is 0 Å². The molecule has 0 spiro atoms. The first kappa shape index (κ1) is 17.3. The first-order valence-corrected chi connectivity index (χ1v) is 6.73. The summed E-state index contributed by atoms with van der Waals surface area (Å²) in [7, 11) is 0. The fourth-order valence-corrected chi connectivity index (χ4v) is 1.75. The highest BCUT2D eigenvalue weighted by Crippen LogP contribution is 2.27. The van der Waals surface area contributed by atoms with Gasteiger partial charge in [-0.15, -0.1) is 0 Å². The Morgan fingerprint density at radius 1 is 1.43 bits per heavy atom. The van der Waals surface area contributed by atoms with Crippen molar-refractivity contribution in [2.75, 3.05) is 5.32 Å². The number of rotatable bonds is 4. The lowest BCUT2D eigenvalue weighted by molar-refractivity contribution is -0.137. The number of ether oxygens (including phenoxy) is 1. The zero-order chi connectivity index (χ0) is 16.2. The van der Waals surface area contributed by atoms with Crippen molar-refractivity contribution < 1.29 is 19.4 Å². The number of hydrogen-bond acceptors (Lipinski definition) is 4. The van der Waals surface area contributed by atoms with E-state index in [4.69, 9.17) is 27.2 Å². The Morgan fingerprint density at radius 2 is 2.05 bits per heavy atom. The normalized spacial score (nSPS) is 12.6. The summed E-state index contributed by atoms with van der Waals surface area (Å²) in [6.45, 7) is 5.23. The maximum absolute atomic E-state index is 11.7. The molecular weight excluding hydrogens is 296 g/mol. The van der Waals surface area contributed by atoms with Gasteiger partial charge in [0, 0.05) is 6.04 Å². The van der Waals surface area contributed by atoms with Crippen LogP contribution >= 0.6 is 11.6 Å². The third-order valence-electron chi connectivity index (χ3n) is 2.45. The van der Waals surface area contributed by atoms with Gasteiger partial charge in [-0.05, 0) is 38.5 Å². The lowest BCUT2D eigenvalue weighted by Gasteiger charge is -2.20. The van der Waals surface area contributed by atoms with Crippen LogP contribution in [0.2, 0.25) is 5.02 Å². The molecule has 0 saturated heterocycles. The van der Waals surface area contributed by atoms with Crippen LogP contribution in [0.15, 0.2) is 18.2 Å². The molecule has 0 radical (unpaired) electrons. The number of carbonyl (C=O) groups is 2. The Morgan fingerprint density at radius 3 is 2.57 bits per heavy atom. The average molecular weight is 315 g/mol. The topological polar surface area (TPSA) is 102 Å². The Balaban J connectivity index is 2.87. The fraction of sp³-hybridized carbons (Fsp3) is 0.429. The van der Waals surface area contributed by atoms with E-state index in [-0.39, 0.29) is 6.42 Å². The number of hydrogen-bond donors (Lipinski definition) is 3. The van der Waals surface area contributed by atoms with Crippen molar-refractivity contribution in [1.82, 2.24) is 0 Å². The SMILES string of the molecule is CC(C)(C)OC(=O)Nc1cc(C(N)CC(=O)O)ccc1Cl. The van der Waals surface area contributed by atoms with Crippen LogP contribution in [-0.4, -0.2) is 22.8 Å². The molecular formula is C14H19ClN2O4. The minimum atomic E-state index is -1.00. The van der Waals surface area contributed by atoms with Gasteiger partial charge in [-0.2, -0.15) is 0 Å². The molecule has 0 bridgehead atoms. The van der Waals surface area contributed by atoms with Crippen molar-refractivity contribution in [3.05, 3.63) is 28.8 Å². The monoisotopic (exact) mass is 314 g/mol. The maximum atomic E-state index is 11.7. The quantitative estimate of drug-likeness (QED) is 0.792. The highest BCUT2D eigenvalue weighted by molar-refractivity contribution is 6.33. The number of carboxylic acids is 1. The molecule has 0 aliphatic rings. The van der Waals surface area contributed by atoms with Crippen LogP contribution in [0, 0.1) is 0 Å². The largest absolute Gasteiger partial charge is 0.481 e. The molecule has 0 aliphatic carbocycles. The summed E-state index contributed by atoms with van der Waals surface area (Å²) in [5, 5.41) is 11.6. The summed E-state index contributed by atoms with van der Waals surface area (Å²) in [4.78, 5) is 22.4. The lowest BCUT2D eigenvalue weighted by atomic mass is 10.0. The van der Waals surface area contributed by atoms with Crippen LogP contribution in [0.4, 0.5) is 10.5 Å². The predicted molar refractivity (Wildman–Crippen MR) is 80.5 cm³/mol. The summed E-state index contributed by atoms with van der Waals surface area (Å²) >= 11 is 5.99. The van der Waals surface area contributed by atoms with Crippen molar-refractivity contribution in [2.45, 2.75) is 38.8 Å². The lowest BCUT2D eigenvalue weighted by Crippen LogP contribution is -2.27. The minimum Gasteiger partial charge on any atom is -0.481 e. The van der Waals surface area contributed by atoms with Crippen molar-refractivity contribution in [3.63, 3.8) is 0 Å². The second kappa shape index (κ2) is 6.78. The van der Waals surface area contributed by atoms with Gasteiger partial charge in [-0.3, -0.25) is 10.1 Å². The standard InChI is InChI=1S/C14H19ClN2O4/c1-14(2,3)21-13(20)17-11-6-8(4-5-9(11)15)10(16)7-12(18)19/h4-6,10H,7,16H2,1-3H3,(H,17,20)(H,18,19). The Hall–Kier alpha value is -1.79. The number of carboxylic acid groups (broad SMARTS) is 1. The number of carbonyl (C=O) groups excluding carboxylic acids is 1. The molecule has 0 fully saturated rings. The van der Waals surface area contributed by atoms with Gasteiger partial charge < -0.3 is 15.6 Å². The number of nitrogens with two attached hydrogens (primary N) is 1. The maximum Gasteiger partial charge on any atom is 0.412 e. The Labute approximate surface area is 128 Å². The molecule has 0 aliphatic heterocycles. The highest BCUT2D eigenvalue weighted by Gasteiger charge is 2.18. The molecule has 1 atom stereocenters. The molecule has 6 nitrogen and oxygen atoms in total. The van der Waals surface area contributed by atoms with Crippen LogP contribution in [0.3, 0.4) is 0 Å². The zero-order valence-electron chi connectivity index (χ0n) is 12.1. The van der Waals surface area contributed by atoms with Gasteiger partial charge in [0.2, 0.25) is 0 Å². The van der Waals surface area contributed by atoms with Crippen molar-refractivity contribution in [3.8, 4) is 0 Å². The van der Waals surface area contributed by atoms with E-state index < -0.39 is 23.7 Å². The third-order valence-corrected chi connectivity index (χ3v) is 2.78. The van der Waals surface area contributed by atoms with Crippen LogP contribution in [0.25, 0.3) is 0 Å². The molecule has 0 aromatic heterocycles. The number of amides is 1. The summed E-state index contributed by atoms with van der Waals surface area (Å²) in [6.07, 6.45) is -0.860. The van der Waals surface area contributed by atoms with E-state index in [9.17, 15) is 9.59 Å². The molecule has 1 aromatic carbocycles. The van der Waals surface area contributed by atoms with E-state index in [1.807, 2.05) is 0 Å². The van der Waals surface area contributed by atoms with Crippen LogP contribution < -0.4 is 11.1 Å². The zero-order valence-corrected chi connectivity index (χ0v) is 12.9. The summed E-state index contributed by atoms with van der Waals surface area (Å²) in [5.74, 6) is -1.00. The van der Waals surface area contributed by atoms with E-state index in [2.05, 4.69) is 5.32 Å². The molecule has 7 heteroatoms. The summed E-state index contributed by atoms with van der Waals surface area (Å²) in [6, 6.07) is 4.03. The molecule has 4 N–H and O–H groups in total. The molecule has 0 heterocycles. The summed E-state index contributed by atoms with van der Waals surface area (Å²) in [5.41, 5.74) is 6.03. The van der Waals surface area contributed by atoms with Crippen molar-refractivity contribution >= 4 is 29.4 Å². The van der Waals surface area contributed by atoms with E-state index in [1.165, 1.54) is 0 Å². The van der Waals surface area contributed by atoms with Gasteiger partial charge >= 0.3 is 12.1 Å². The van der Waals surface area contributed by atoms with E-state index >= 15 is 0 Å². The molecule has 21 heavy (non-hydrogen) atoms. The van der Waals surface area contributed by atoms with Gasteiger partial charge in [0.25, 0.3) is 0 Å². The molecule has 116 valence electrons. The molecule has 1 rings (SSSR count). The smallest absolute Gasteiger partial charge is 0.412 e. The van der Waals surface area contributed by atoms with Gasteiger partial charge in [0.1, 0.15) is 5.60 Å². The number of halogens is 1. The Bertz CT molecular complexity index is 540. The van der Waals surface area contributed by atoms with E-state index in [0.29, 0.717) is 16.3 Å². The molecule has 1 unspecified atom stereocenters. The molecule has 0 saturated carbocycles. The van der Waals surface area contributed by atoms with E-state index in [1.54, 1.807) is 39.0 Å². The van der Waals surface area contributed by atoms with Gasteiger partial charge in [-0.1, -0.05) is 17.7 Å². The second-order valence-corrected chi connectivity index (χ2v) is 5.98. The summed E-state index contributed by atoms with van der Waals surface area (Å²) < 4.78 is 5.13. The first-order valence-electron chi connectivity index (χ1n) is 6.35. The van der Waals surface area contributed by atoms with Crippen LogP contribution in [-0.2, 0) is 9.53 Å². The Kier molecular flexibility index (Phi) is 5.57. The van der Waals surface area contributed by atoms with Crippen molar-refractivity contribution in [1.29, 1.82) is 0 Å². The van der Waals surface area contributed by atoms with E-state index in [0.717, 1.165) is 0 Å².